The van der Waals surface area contributed by atoms with Gasteiger partial charge in [-0.1, -0.05) is 30.4 Å². The van der Waals surface area contributed by atoms with Gasteiger partial charge in [0, 0.05) is 24.4 Å². The van der Waals surface area contributed by atoms with Crippen LogP contribution in [0, 0.1) is 5.41 Å². The number of hydrogen-bond acceptors (Lipinski definition) is 4. The van der Waals surface area contributed by atoms with Gasteiger partial charge in [0.15, 0.2) is 0 Å². The number of nitrogens with one attached hydrogen (secondary N) is 1. The molecule has 0 radical (unpaired) electrons. The second kappa shape index (κ2) is 8.33. The Balaban J connectivity index is 0.000000194. The van der Waals surface area contributed by atoms with Crippen LogP contribution in [0.3, 0.4) is 0 Å². The summed E-state index contributed by atoms with van der Waals surface area (Å²) in [5.41, 5.74) is 6.33. The minimum Gasteiger partial charge on any atom is -0.481 e. The normalized spacial score (nSPS) is 18.2. The van der Waals surface area contributed by atoms with Crippen LogP contribution in [0.5, 0.6) is 0 Å². The number of carboxylic acid groups (broad SMARTS) is 2. The second-order valence-corrected chi connectivity index (χ2v) is 6.26. The van der Waals surface area contributed by atoms with Crippen LogP contribution in [-0.4, -0.2) is 31.9 Å². The molecule has 2 aromatic rings. The zero-order valence-electron chi connectivity index (χ0n) is 14.8. The summed E-state index contributed by atoms with van der Waals surface area (Å²) in [5, 5.41) is 20.3. The first kappa shape index (κ1) is 19.9. The predicted molar refractivity (Wildman–Crippen MR) is 99.5 cm³/mol. The lowest BCUT2D eigenvalue weighted by atomic mass is 9.80. The topological polar surface area (TPSA) is 138 Å². The number of carboxylic acids is 2. The van der Waals surface area contributed by atoms with Crippen LogP contribution in [0.25, 0.3) is 5.69 Å². The van der Waals surface area contributed by atoms with Gasteiger partial charge in [-0.15, -0.1) is 0 Å². The minimum atomic E-state index is -1.08. The molecule has 0 bridgehead atoms. The van der Waals surface area contributed by atoms with Crippen molar-refractivity contribution in [3.63, 3.8) is 0 Å². The van der Waals surface area contributed by atoms with Crippen LogP contribution in [-0.2, 0) is 16.1 Å². The molecule has 1 aliphatic rings. The summed E-state index contributed by atoms with van der Waals surface area (Å²) < 4.78 is 1.47. The highest BCUT2D eigenvalue weighted by Gasteiger charge is 2.34. The van der Waals surface area contributed by atoms with Crippen LogP contribution in [0.2, 0.25) is 0 Å². The molecule has 1 heterocycles. The molecular formula is C19H21N3O5. The van der Waals surface area contributed by atoms with Gasteiger partial charge in [0.05, 0.1) is 11.1 Å². The molecule has 0 saturated heterocycles. The highest BCUT2D eigenvalue weighted by atomic mass is 16.4. The van der Waals surface area contributed by atoms with E-state index in [9.17, 15) is 14.4 Å². The lowest BCUT2D eigenvalue weighted by molar-refractivity contribution is -0.145. The molecule has 1 aromatic heterocycles. The van der Waals surface area contributed by atoms with Crippen LogP contribution in [0.4, 0.5) is 0 Å². The quantitative estimate of drug-likeness (QED) is 0.645. The molecule has 3 rings (SSSR count). The van der Waals surface area contributed by atoms with E-state index in [-0.39, 0.29) is 17.6 Å². The Hall–Kier alpha value is -3.39. The monoisotopic (exact) mass is 371 g/mol. The number of aromatic nitrogens is 2. The maximum Gasteiger partial charge on any atom is 0.331 e. The molecule has 0 saturated carbocycles. The zero-order chi connectivity index (χ0) is 20.0. The van der Waals surface area contributed by atoms with Gasteiger partial charge in [-0.2, -0.15) is 0 Å². The zero-order valence-corrected chi connectivity index (χ0v) is 14.8. The van der Waals surface area contributed by atoms with E-state index < -0.39 is 17.4 Å². The smallest absolute Gasteiger partial charge is 0.331 e. The first-order valence-corrected chi connectivity index (χ1v) is 8.18. The van der Waals surface area contributed by atoms with E-state index in [1.165, 1.54) is 35.9 Å². The Morgan fingerprint density at radius 1 is 1.22 bits per heavy atom. The number of aromatic amines is 1. The van der Waals surface area contributed by atoms with Gasteiger partial charge in [-0.25, -0.2) is 9.48 Å². The third-order valence-electron chi connectivity index (χ3n) is 4.16. The molecular weight excluding hydrogens is 350 g/mol. The first-order chi connectivity index (χ1) is 12.8. The summed E-state index contributed by atoms with van der Waals surface area (Å²) in [5.74, 6) is -2.06. The van der Waals surface area contributed by atoms with Gasteiger partial charge in [-0.05, 0) is 31.0 Å². The van der Waals surface area contributed by atoms with Crippen molar-refractivity contribution in [2.24, 2.45) is 11.1 Å². The number of H-pyrrole nitrogens is 1. The number of benzene rings is 1. The highest BCUT2D eigenvalue weighted by Crippen LogP contribution is 2.31. The molecule has 8 nitrogen and oxygen atoms in total. The van der Waals surface area contributed by atoms with Crippen molar-refractivity contribution in [2.75, 3.05) is 0 Å². The fourth-order valence-electron chi connectivity index (χ4n) is 2.49. The number of aliphatic carboxylic acids is 2. The van der Waals surface area contributed by atoms with Gasteiger partial charge in [0.25, 0.3) is 5.56 Å². The fourth-order valence-corrected chi connectivity index (χ4v) is 2.49. The van der Waals surface area contributed by atoms with Crippen LogP contribution in [0.15, 0.2) is 65.1 Å². The van der Waals surface area contributed by atoms with Crippen LogP contribution >= 0.6 is 0 Å². The summed E-state index contributed by atoms with van der Waals surface area (Å²) >= 11 is 0. The van der Waals surface area contributed by atoms with Gasteiger partial charge < -0.3 is 15.9 Å². The molecule has 0 fully saturated rings. The number of nitrogens with two attached hydrogens (primary N) is 1. The number of nitrogens with zero attached hydrogens (tertiary/aromatic N) is 1. The van der Waals surface area contributed by atoms with E-state index in [1.807, 2.05) is 24.3 Å². The largest absolute Gasteiger partial charge is 0.481 e. The third-order valence-corrected chi connectivity index (χ3v) is 4.16. The van der Waals surface area contributed by atoms with Crippen molar-refractivity contribution < 1.29 is 19.8 Å². The molecule has 1 atom stereocenters. The molecule has 142 valence electrons. The Morgan fingerprint density at radius 3 is 2.37 bits per heavy atom. The van der Waals surface area contributed by atoms with Crippen molar-refractivity contribution in [3.05, 3.63) is 76.2 Å². The van der Waals surface area contributed by atoms with Gasteiger partial charge in [0.1, 0.15) is 0 Å². The summed E-state index contributed by atoms with van der Waals surface area (Å²) in [6.45, 7) is 2.02. The lowest BCUT2D eigenvalue weighted by Crippen LogP contribution is -2.28. The SMILES string of the molecule is CC1(C(=O)O)C=CC=C(C(=O)O)C1.NCc1ccc(-n2[nH]ccc2=O)cc1. The maximum atomic E-state index is 11.3. The highest BCUT2D eigenvalue weighted by molar-refractivity contribution is 5.90. The molecule has 27 heavy (non-hydrogen) atoms. The van der Waals surface area contributed by atoms with E-state index in [0.29, 0.717) is 6.54 Å². The van der Waals surface area contributed by atoms with Gasteiger partial charge in [0.2, 0.25) is 0 Å². The summed E-state index contributed by atoms with van der Waals surface area (Å²) in [6.07, 6.45) is 6.04. The van der Waals surface area contributed by atoms with Crippen molar-refractivity contribution >= 4 is 11.9 Å². The van der Waals surface area contributed by atoms with E-state index in [2.05, 4.69) is 5.10 Å². The third kappa shape index (κ3) is 4.83. The Morgan fingerprint density at radius 2 is 1.89 bits per heavy atom. The second-order valence-electron chi connectivity index (χ2n) is 6.26. The summed E-state index contributed by atoms with van der Waals surface area (Å²) in [6, 6.07) is 9.02. The van der Waals surface area contributed by atoms with Crippen molar-refractivity contribution in [1.82, 2.24) is 9.78 Å². The molecule has 0 amide bonds. The van der Waals surface area contributed by atoms with E-state index in [4.69, 9.17) is 15.9 Å². The van der Waals surface area contributed by atoms with E-state index >= 15 is 0 Å². The molecule has 1 unspecified atom stereocenters. The van der Waals surface area contributed by atoms with Crippen molar-refractivity contribution in [1.29, 1.82) is 0 Å². The average Bonchev–Trinajstić information content (AvgIpc) is 3.08. The molecule has 5 N–H and O–H groups in total. The Labute approximate surface area is 155 Å². The van der Waals surface area contributed by atoms with Gasteiger partial charge >= 0.3 is 11.9 Å². The first-order valence-electron chi connectivity index (χ1n) is 8.18. The number of hydrogen-bond donors (Lipinski definition) is 4. The predicted octanol–water partition coefficient (Wildman–Crippen LogP) is 1.67. The molecule has 1 aliphatic carbocycles. The van der Waals surface area contributed by atoms with E-state index in [0.717, 1.165) is 11.3 Å². The van der Waals surface area contributed by atoms with Crippen LogP contribution in [0.1, 0.15) is 18.9 Å². The maximum absolute atomic E-state index is 11.3. The lowest BCUT2D eigenvalue weighted by Gasteiger charge is -2.23. The van der Waals surface area contributed by atoms with Crippen molar-refractivity contribution in [3.8, 4) is 5.69 Å². The van der Waals surface area contributed by atoms with Crippen molar-refractivity contribution in [2.45, 2.75) is 19.9 Å². The molecule has 0 spiro atoms. The number of allylic oxidation sites excluding steroid dienone is 2. The van der Waals surface area contributed by atoms with Gasteiger partial charge in [-0.3, -0.25) is 14.7 Å². The Bertz CT molecular complexity index is 937. The van der Waals surface area contributed by atoms with Crippen LogP contribution < -0.4 is 11.3 Å². The number of rotatable bonds is 4. The molecule has 1 aromatic carbocycles. The molecule has 8 heteroatoms. The molecule has 0 aliphatic heterocycles. The standard InChI is InChI=1S/C10H11N3O.C9H10O4/c11-7-8-1-3-9(4-2-8)13-10(14)5-6-12-13;1-9(8(12)13)4-2-3-6(5-9)7(10)11/h1-6,12H,7,11H2;2-4H,5H2,1H3,(H,10,11)(H,12,13). The summed E-state index contributed by atoms with van der Waals surface area (Å²) in [4.78, 5) is 32.6. The minimum absolute atomic E-state index is 0.0359. The number of carbonyl (C=O) groups is 2. The average molecular weight is 371 g/mol. The Kier molecular flexibility index (Phi) is 6.15. The van der Waals surface area contributed by atoms with E-state index in [1.54, 1.807) is 6.20 Å². The fraction of sp³-hybridized carbons (Fsp3) is 0.211. The summed E-state index contributed by atoms with van der Waals surface area (Å²) in [7, 11) is 0.